The van der Waals surface area contributed by atoms with Crippen molar-refractivity contribution in [2.24, 2.45) is 5.41 Å². The highest BCUT2D eigenvalue weighted by Gasteiger charge is 2.23. The first-order valence-electron chi connectivity index (χ1n) is 9.97. The van der Waals surface area contributed by atoms with E-state index in [4.69, 9.17) is 11.6 Å². The van der Waals surface area contributed by atoms with Gasteiger partial charge >= 0.3 is 0 Å². The van der Waals surface area contributed by atoms with Crippen molar-refractivity contribution in [2.75, 3.05) is 18.4 Å². The normalized spacial score (nSPS) is 12.2. The zero-order valence-electron chi connectivity index (χ0n) is 17.6. The van der Waals surface area contributed by atoms with Crippen LogP contribution in [-0.2, 0) is 10.0 Å². The number of H-pyrrole nitrogens is 1. The highest BCUT2D eigenvalue weighted by Crippen LogP contribution is 2.31. The van der Waals surface area contributed by atoms with Crippen LogP contribution in [0.5, 0.6) is 0 Å². The Morgan fingerprint density at radius 3 is 2.72 bits per heavy atom. The van der Waals surface area contributed by atoms with E-state index in [1.165, 1.54) is 18.5 Å². The summed E-state index contributed by atoms with van der Waals surface area (Å²) in [6, 6.07) is 10.7. The van der Waals surface area contributed by atoms with E-state index in [0.717, 1.165) is 22.2 Å². The fourth-order valence-corrected chi connectivity index (χ4v) is 4.62. The van der Waals surface area contributed by atoms with Gasteiger partial charge in [0, 0.05) is 48.8 Å². The molecule has 0 aliphatic rings. The van der Waals surface area contributed by atoms with Crippen molar-refractivity contribution in [1.82, 2.24) is 24.7 Å². The van der Waals surface area contributed by atoms with Crippen molar-refractivity contribution in [2.45, 2.75) is 18.7 Å². The number of fused-ring (bicyclic) bond motifs is 1. The molecule has 10 heteroatoms. The number of aromatic nitrogens is 4. The van der Waals surface area contributed by atoms with Gasteiger partial charge in [0.05, 0.1) is 0 Å². The first-order valence-corrected chi connectivity index (χ1v) is 11.8. The maximum Gasteiger partial charge on any atom is 0.242 e. The predicted octanol–water partition coefficient (Wildman–Crippen LogP) is 4.09. The van der Waals surface area contributed by atoms with E-state index >= 15 is 0 Å². The summed E-state index contributed by atoms with van der Waals surface area (Å²) in [5.74, 6) is 0.605. The lowest BCUT2D eigenvalue weighted by atomic mass is 9.94. The lowest BCUT2D eigenvalue weighted by Gasteiger charge is -2.25. The SMILES string of the molecule is CC(C)(CNc1cc(-c2c[nH]c3ncccc23)cc(Cl)n1)CNS(=O)(=O)c1cccnc1. The van der Waals surface area contributed by atoms with Crippen molar-refractivity contribution >= 4 is 38.5 Å². The third-order valence-electron chi connectivity index (χ3n) is 4.99. The first kappa shape index (κ1) is 22.2. The fourth-order valence-electron chi connectivity index (χ4n) is 3.21. The number of nitrogens with one attached hydrogen (secondary N) is 3. The smallest absolute Gasteiger partial charge is 0.242 e. The van der Waals surface area contributed by atoms with Gasteiger partial charge in [-0.3, -0.25) is 4.98 Å². The Balaban J connectivity index is 1.46. The van der Waals surface area contributed by atoms with Crippen LogP contribution >= 0.6 is 11.6 Å². The van der Waals surface area contributed by atoms with Crippen molar-refractivity contribution in [3.05, 3.63) is 66.3 Å². The van der Waals surface area contributed by atoms with Crippen LogP contribution in [0, 0.1) is 5.41 Å². The van der Waals surface area contributed by atoms with Gasteiger partial charge < -0.3 is 10.3 Å². The Morgan fingerprint density at radius 2 is 1.94 bits per heavy atom. The number of anilines is 1. The van der Waals surface area contributed by atoms with E-state index in [1.807, 2.05) is 38.2 Å². The summed E-state index contributed by atoms with van der Waals surface area (Å²) >= 11 is 6.28. The zero-order valence-corrected chi connectivity index (χ0v) is 19.2. The second-order valence-corrected chi connectivity index (χ2v) is 10.4. The summed E-state index contributed by atoms with van der Waals surface area (Å²) in [4.78, 5) is 15.9. The molecule has 0 saturated carbocycles. The van der Waals surface area contributed by atoms with Crippen LogP contribution in [0.3, 0.4) is 0 Å². The third-order valence-corrected chi connectivity index (χ3v) is 6.57. The van der Waals surface area contributed by atoms with Crippen LogP contribution in [0.1, 0.15) is 13.8 Å². The summed E-state index contributed by atoms with van der Waals surface area (Å²) < 4.78 is 27.6. The molecule has 4 aromatic rings. The molecule has 0 aliphatic heterocycles. The van der Waals surface area contributed by atoms with Crippen LogP contribution in [-0.4, -0.2) is 41.4 Å². The molecule has 0 aromatic carbocycles. The van der Waals surface area contributed by atoms with Gasteiger partial charge in [-0.1, -0.05) is 25.4 Å². The van der Waals surface area contributed by atoms with Crippen LogP contribution in [0.2, 0.25) is 5.15 Å². The molecule has 0 spiro atoms. The minimum Gasteiger partial charge on any atom is -0.369 e. The monoisotopic (exact) mass is 470 g/mol. The molecule has 0 aliphatic carbocycles. The van der Waals surface area contributed by atoms with Gasteiger partial charge in [0.25, 0.3) is 0 Å². The van der Waals surface area contributed by atoms with E-state index < -0.39 is 15.4 Å². The van der Waals surface area contributed by atoms with Crippen LogP contribution in [0.25, 0.3) is 22.2 Å². The molecule has 0 amide bonds. The third kappa shape index (κ3) is 5.07. The second-order valence-electron chi connectivity index (χ2n) is 8.20. The summed E-state index contributed by atoms with van der Waals surface area (Å²) in [6.07, 6.45) is 6.49. The quantitative estimate of drug-likeness (QED) is 0.334. The lowest BCUT2D eigenvalue weighted by Crippen LogP contribution is -2.38. The fraction of sp³-hybridized carbons (Fsp3) is 0.227. The number of aromatic amines is 1. The predicted molar refractivity (Wildman–Crippen MR) is 126 cm³/mol. The molecule has 4 aromatic heterocycles. The Hall–Kier alpha value is -3.01. The van der Waals surface area contributed by atoms with Gasteiger partial charge in [0.15, 0.2) is 0 Å². The van der Waals surface area contributed by atoms with E-state index in [2.05, 4.69) is 30.0 Å². The average molecular weight is 471 g/mol. The molecule has 32 heavy (non-hydrogen) atoms. The number of nitrogens with zero attached hydrogens (tertiary/aromatic N) is 3. The highest BCUT2D eigenvalue weighted by molar-refractivity contribution is 7.89. The Labute approximate surface area is 191 Å². The second kappa shape index (κ2) is 8.85. The van der Waals surface area contributed by atoms with E-state index in [1.54, 1.807) is 18.3 Å². The molecule has 166 valence electrons. The van der Waals surface area contributed by atoms with E-state index in [-0.39, 0.29) is 11.4 Å². The van der Waals surface area contributed by atoms with Crippen molar-refractivity contribution in [3.63, 3.8) is 0 Å². The molecule has 0 unspecified atom stereocenters. The molecule has 4 heterocycles. The molecular formula is C22H23ClN6O2S. The maximum atomic E-state index is 12.5. The molecular weight excluding hydrogens is 448 g/mol. The number of sulfonamides is 1. The molecule has 0 radical (unpaired) electrons. The van der Waals surface area contributed by atoms with Gasteiger partial charge in [0.1, 0.15) is 21.5 Å². The van der Waals surface area contributed by atoms with Gasteiger partial charge in [-0.05, 0) is 47.4 Å². The van der Waals surface area contributed by atoms with Crippen molar-refractivity contribution in [1.29, 1.82) is 0 Å². The van der Waals surface area contributed by atoms with Gasteiger partial charge in [-0.15, -0.1) is 0 Å². The lowest BCUT2D eigenvalue weighted by molar-refractivity contribution is 0.387. The molecule has 0 bridgehead atoms. The minimum absolute atomic E-state index is 0.137. The Bertz CT molecular complexity index is 1340. The minimum atomic E-state index is -3.63. The summed E-state index contributed by atoms with van der Waals surface area (Å²) in [5.41, 5.74) is 2.28. The molecule has 0 saturated heterocycles. The van der Waals surface area contributed by atoms with Gasteiger partial charge in [0.2, 0.25) is 10.0 Å². The average Bonchev–Trinajstić information content (AvgIpc) is 3.21. The number of halogens is 1. The van der Waals surface area contributed by atoms with Crippen LogP contribution in [0.15, 0.2) is 66.1 Å². The van der Waals surface area contributed by atoms with Gasteiger partial charge in [-0.2, -0.15) is 0 Å². The van der Waals surface area contributed by atoms with E-state index in [0.29, 0.717) is 17.5 Å². The molecule has 8 nitrogen and oxygen atoms in total. The molecule has 4 rings (SSSR count). The first-order chi connectivity index (χ1) is 15.2. The van der Waals surface area contributed by atoms with Crippen LogP contribution in [0.4, 0.5) is 5.82 Å². The summed E-state index contributed by atoms with van der Waals surface area (Å²) in [5, 5.41) is 4.63. The summed E-state index contributed by atoms with van der Waals surface area (Å²) in [6.45, 7) is 4.63. The van der Waals surface area contributed by atoms with Crippen molar-refractivity contribution in [3.8, 4) is 11.1 Å². The number of hydrogen-bond acceptors (Lipinski definition) is 6. The van der Waals surface area contributed by atoms with E-state index in [9.17, 15) is 8.42 Å². The Morgan fingerprint density at radius 1 is 1.12 bits per heavy atom. The summed E-state index contributed by atoms with van der Waals surface area (Å²) in [7, 11) is -3.63. The van der Waals surface area contributed by atoms with Crippen LogP contribution < -0.4 is 10.0 Å². The zero-order chi connectivity index (χ0) is 22.8. The number of pyridine rings is 3. The topological polar surface area (TPSA) is 113 Å². The molecule has 3 N–H and O–H groups in total. The highest BCUT2D eigenvalue weighted by atomic mass is 35.5. The largest absolute Gasteiger partial charge is 0.369 e. The molecule has 0 fully saturated rings. The molecule has 0 atom stereocenters. The number of rotatable bonds is 8. The van der Waals surface area contributed by atoms with Gasteiger partial charge in [-0.25, -0.2) is 23.1 Å². The maximum absolute atomic E-state index is 12.5. The van der Waals surface area contributed by atoms with Crippen molar-refractivity contribution < 1.29 is 8.42 Å². The number of hydrogen-bond donors (Lipinski definition) is 3. The standard InChI is InChI=1S/C22H23ClN6O2S/c1-22(2,14-28-32(30,31)16-5-3-7-24-11-16)13-27-20-10-15(9-19(23)29-20)18-12-26-21-17(18)6-4-8-25-21/h3-12,28H,13-14H2,1-2H3,(H,25,26)(H,27,29). The Kier molecular flexibility index (Phi) is 6.14.